The minimum atomic E-state index is -0.662. The standard InChI is InChI=1S/C18H15ClN4O4S/c1-26-13-8-11(7-12(19)15(13)27-9-14(20)24)17(25)22-18-21-16(23-28-18)10-5-3-2-4-6-10/h2-8H,9H2,1H3,(H2,20,24)(H,21,22,23,25). The summed E-state index contributed by atoms with van der Waals surface area (Å²) in [6, 6.07) is 12.2. The van der Waals surface area contributed by atoms with E-state index in [1.807, 2.05) is 30.3 Å². The Labute approximate surface area is 169 Å². The summed E-state index contributed by atoms with van der Waals surface area (Å²) in [5.74, 6) is -0.266. The predicted octanol–water partition coefficient (Wildman–Crippen LogP) is 2.98. The molecule has 0 bridgehead atoms. The van der Waals surface area contributed by atoms with E-state index in [-0.39, 0.29) is 28.7 Å². The van der Waals surface area contributed by atoms with Crippen LogP contribution in [0.25, 0.3) is 11.4 Å². The summed E-state index contributed by atoms with van der Waals surface area (Å²) in [7, 11) is 1.39. The van der Waals surface area contributed by atoms with E-state index in [9.17, 15) is 9.59 Å². The number of rotatable bonds is 7. The molecular formula is C18H15ClN4O4S. The van der Waals surface area contributed by atoms with Crippen molar-refractivity contribution in [1.82, 2.24) is 9.36 Å². The lowest BCUT2D eigenvalue weighted by Crippen LogP contribution is -2.20. The van der Waals surface area contributed by atoms with Gasteiger partial charge in [-0.25, -0.2) is 0 Å². The van der Waals surface area contributed by atoms with Crippen LogP contribution in [0.4, 0.5) is 5.13 Å². The second-order valence-corrected chi connectivity index (χ2v) is 6.65. The predicted molar refractivity (Wildman–Crippen MR) is 106 cm³/mol. The van der Waals surface area contributed by atoms with E-state index in [0.717, 1.165) is 17.1 Å². The highest BCUT2D eigenvalue weighted by molar-refractivity contribution is 7.10. The van der Waals surface area contributed by atoms with E-state index >= 15 is 0 Å². The van der Waals surface area contributed by atoms with Crippen molar-refractivity contribution < 1.29 is 19.1 Å². The summed E-state index contributed by atoms with van der Waals surface area (Å²) in [6.07, 6.45) is 0. The maximum Gasteiger partial charge on any atom is 0.257 e. The Balaban J connectivity index is 1.78. The molecule has 3 rings (SSSR count). The average molecular weight is 419 g/mol. The Kier molecular flexibility index (Phi) is 6.07. The summed E-state index contributed by atoms with van der Waals surface area (Å²) >= 11 is 7.23. The van der Waals surface area contributed by atoms with E-state index in [0.29, 0.717) is 11.0 Å². The van der Waals surface area contributed by atoms with Gasteiger partial charge in [0.05, 0.1) is 12.1 Å². The smallest absolute Gasteiger partial charge is 0.257 e. The van der Waals surface area contributed by atoms with Gasteiger partial charge in [0.2, 0.25) is 5.13 Å². The fourth-order valence-electron chi connectivity index (χ4n) is 2.28. The lowest BCUT2D eigenvalue weighted by Gasteiger charge is -2.13. The van der Waals surface area contributed by atoms with Gasteiger partial charge in [-0.2, -0.15) is 9.36 Å². The number of nitrogens with two attached hydrogens (primary N) is 1. The number of amides is 2. The molecule has 0 atom stereocenters. The van der Waals surface area contributed by atoms with Crippen molar-refractivity contribution in [3.8, 4) is 22.9 Å². The minimum absolute atomic E-state index is 0.105. The number of hydrogen-bond donors (Lipinski definition) is 2. The van der Waals surface area contributed by atoms with E-state index in [4.69, 9.17) is 26.8 Å². The number of nitrogens with zero attached hydrogens (tertiary/aromatic N) is 2. The van der Waals surface area contributed by atoms with E-state index < -0.39 is 11.8 Å². The Morgan fingerprint density at radius 2 is 2.00 bits per heavy atom. The van der Waals surface area contributed by atoms with Crippen LogP contribution in [-0.2, 0) is 4.79 Å². The van der Waals surface area contributed by atoms with Crippen LogP contribution in [0.5, 0.6) is 11.5 Å². The molecule has 0 aliphatic carbocycles. The highest BCUT2D eigenvalue weighted by Gasteiger charge is 2.18. The van der Waals surface area contributed by atoms with Gasteiger partial charge in [-0.1, -0.05) is 41.9 Å². The van der Waals surface area contributed by atoms with E-state index in [1.54, 1.807) is 0 Å². The highest BCUT2D eigenvalue weighted by Crippen LogP contribution is 2.36. The molecule has 28 heavy (non-hydrogen) atoms. The van der Waals surface area contributed by atoms with Crippen molar-refractivity contribution in [2.45, 2.75) is 0 Å². The number of benzene rings is 2. The summed E-state index contributed by atoms with van der Waals surface area (Å²) in [4.78, 5) is 27.8. The lowest BCUT2D eigenvalue weighted by molar-refractivity contribution is -0.119. The molecule has 0 radical (unpaired) electrons. The molecule has 2 amide bonds. The molecule has 1 aromatic heterocycles. The average Bonchev–Trinajstić information content (AvgIpc) is 3.15. The third-order valence-corrected chi connectivity index (χ3v) is 4.44. The molecule has 2 aromatic carbocycles. The van der Waals surface area contributed by atoms with Crippen molar-refractivity contribution in [1.29, 1.82) is 0 Å². The first-order chi connectivity index (χ1) is 13.5. The van der Waals surface area contributed by atoms with Crippen LogP contribution in [0.1, 0.15) is 10.4 Å². The molecule has 10 heteroatoms. The third-order valence-electron chi connectivity index (χ3n) is 3.53. The number of carbonyl (C=O) groups excluding carboxylic acids is 2. The molecule has 3 aromatic rings. The first kappa shape index (κ1) is 19.6. The van der Waals surface area contributed by atoms with Gasteiger partial charge in [-0.3, -0.25) is 14.9 Å². The van der Waals surface area contributed by atoms with Gasteiger partial charge in [0, 0.05) is 22.7 Å². The monoisotopic (exact) mass is 418 g/mol. The zero-order valence-corrected chi connectivity index (χ0v) is 16.2. The van der Waals surface area contributed by atoms with Crippen LogP contribution in [0.15, 0.2) is 42.5 Å². The zero-order valence-electron chi connectivity index (χ0n) is 14.6. The Morgan fingerprint density at radius 3 is 2.68 bits per heavy atom. The van der Waals surface area contributed by atoms with Gasteiger partial charge in [-0.05, 0) is 12.1 Å². The summed E-state index contributed by atoms with van der Waals surface area (Å²) in [5.41, 5.74) is 6.14. The molecule has 3 N–H and O–H groups in total. The highest BCUT2D eigenvalue weighted by atomic mass is 35.5. The number of halogens is 1. The number of carbonyl (C=O) groups is 2. The fraction of sp³-hybridized carbons (Fsp3) is 0.111. The number of primary amides is 1. The zero-order chi connectivity index (χ0) is 20.1. The first-order valence-corrected chi connectivity index (χ1v) is 9.12. The molecule has 0 unspecified atom stereocenters. The van der Waals surface area contributed by atoms with Crippen LogP contribution in [0.3, 0.4) is 0 Å². The number of methoxy groups -OCH3 is 1. The second kappa shape index (κ2) is 8.68. The number of anilines is 1. The number of aromatic nitrogens is 2. The fourth-order valence-corrected chi connectivity index (χ4v) is 3.13. The number of ether oxygens (including phenoxy) is 2. The van der Waals surface area contributed by atoms with Gasteiger partial charge in [0.1, 0.15) is 0 Å². The second-order valence-electron chi connectivity index (χ2n) is 5.49. The normalized spacial score (nSPS) is 10.4. The van der Waals surface area contributed by atoms with E-state index in [2.05, 4.69) is 14.7 Å². The maximum atomic E-state index is 12.6. The number of hydrogen-bond acceptors (Lipinski definition) is 7. The lowest BCUT2D eigenvalue weighted by atomic mass is 10.2. The van der Waals surface area contributed by atoms with Gasteiger partial charge in [-0.15, -0.1) is 0 Å². The van der Waals surface area contributed by atoms with Crippen molar-refractivity contribution in [2.24, 2.45) is 5.73 Å². The third kappa shape index (κ3) is 4.56. The van der Waals surface area contributed by atoms with E-state index in [1.165, 1.54) is 19.2 Å². The van der Waals surface area contributed by atoms with Gasteiger partial charge in [0.25, 0.3) is 11.8 Å². The van der Waals surface area contributed by atoms with Crippen molar-refractivity contribution in [2.75, 3.05) is 19.0 Å². The van der Waals surface area contributed by atoms with Crippen LogP contribution >= 0.6 is 23.1 Å². The molecule has 0 saturated carbocycles. The topological polar surface area (TPSA) is 116 Å². The summed E-state index contributed by atoms with van der Waals surface area (Å²) < 4.78 is 14.7. The number of nitrogens with one attached hydrogen (secondary N) is 1. The van der Waals surface area contributed by atoms with Gasteiger partial charge in [0.15, 0.2) is 23.9 Å². The van der Waals surface area contributed by atoms with Crippen molar-refractivity contribution in [3.63, 3.8) is 0 Å². The Morgan fingerprint density at radius 1 is 1.25 bits per heavy atom. The first-order valence-electron chi connectivity index (χ1n) is 7.97. The molecule has 0 saturated heterocycles. The van der Waals surface area contributed by atoms with Crippen LogP contribution in [0, 0.1) is 0 Å². The van der Waals surface area contributed by atoms with Crippen LogP contribution < -0.4 is 20.5 Å². The molecule has 8 nitrogen and oxygen atoms in total. The van der Waals surface area contributed by atoms with Crippen molar-refractivity contribution in [3.05, 3.63) is 53.1 Å². The molecule has 0 spiro atoms. The van der Waals surface area contributed by atoms with Crippen LogP contribution in [-0.4, -0.2) is 34.9 Å². The Bertz CT molecular complexity index is 1010. The minimum Gasteiger partial charge on any atom is -0.493 e. The quantitative estimate of drug-likeness (QED) is 0.609. The largest absolute Gasteiger partial charge is 0.493 e. The maximum absolute atomic E-state index is 12.6. The SMILES string of the molecule is COc1cc(C(=O)Nc2nc(-c3ccccc3)ns2)cc(Cl)c1OCC(N)=O. The summed E-state index contributed by atoms with van der Waals surface area (Å²) in [5, 5.41) is 3.12. The van der Waals surface area contributed by atoms with Gasteiger partial charge >= 0.3 is 0 Å². The molecule has 0 aliphatic heterocycles. The van der Waals surface area contributed by atoms with Gasteiger partial charge < -0.3 is 15.2 Å². The molecule has 0 fully saturated rings. The molecule has 0 aliphatic rings. The molecular weight excluding hydrogens is 404 g/mol. The summed E-state index contributed by atoms with van der Waals surface area (Å²) in [6.45, 7) is -0.366. The van der Waals surface area contributed by atoms with Crippen LogP contribution in [0.2, 0.25) is 5.02 Å². The molecule has 1 heterocycles. The van der Waals surface area contributed by atoms with Crippen molar-refractivity contribution >= 4 is 40.1 Å². The molecule has 144 valence electrons. The Hall–Kier alpha value is -3.17.